The largest absolute Gasteiger partial charge is 0.494 e. The highest BCUT2D eigenvalue weighted by Crippen LogP contribution is 2.32. The number of nitrogens with zero attached hydrogens (tertiary/aromatic N) is 3. The molecule has 1 saturated heterocycles. The molecule has 0 aliphatic carbocycles. The lowest BCUT2D eigenvalue weighted by Gasteiger charge is -2.15. The summed E-state index contributed by atoms with van der Waals surface area (Å²) in [4.78, 5) is 18.6. The van der Waals surface area contributed by atoms with Crippen LogP contribution < -0.4 is 9.64 Å². The van der Waals surface area contributed by atoms with Gasteiger partial charge < -0.3 is 14.2 Å². The van der Waals surface area contributed by atoms with Crippen LogP contribution in [0.25, 0.3) is 11.4 Å². The molecular formula is C20H19N3O3. The SMILES string of the molecule is CCOc1ccc(-c2noc(C3CC(=O)N(c4ccccc4)C3)n2)cc1. The van der Waals surface area contributed by atoms with Crippen LogP contribution in [0.15, 0.2) is 59.1 Å². The minimum atomic E-state index is -0.0911. The Kier molecular flexibility index (Phi) is 4.39. The number of para-hydroxylation sites is 1. The standard InChI is InChI=1S/C20H19N3O3/c1-2-25-17-10-8-14(9-11-17)19-21-20(26-22-19)15-12-18(24)23(13-15)16-6-4-3-5-7-16/h3-11,15H,2,12-13H2,1H3. The molecular weight excluding hydrogens is 330 g/mol. The van der Waals surface area contributed by atoms with Crippen molar-refractivity contribution in [3.05, 3.63) is 60.5 Å². The lowest BCUT2D eigenvalue weighted by atomic mass is 10.1. The van der Waals surface area contributed by atoms with Crippen LogP contribution >= 0.6 is 0 Å². The molecule has 26 heavy (non-hydrogen) atoms. The first kappa shape index (κ1) is 16.3. The van der Waals surface area contributed by atoms with Crippen LogP contribution in [0.5, 0.6) is 5.75 Å². The third kappa shape index (κ3) is 3.18. The average Bonchev–Trinajstić information content (AvgIpc) is 3.30. The molecule has 6 heteroatoms. The van der Waals surface area contributed by atoms with E-state index in [1.807, 2.05) is 61.5 Å². The van der Waals surface area contributed by atoms with Crippen LogP contribution in [-0.4, -0.2) is 29.2 Å². The summed E-state index contributed by atoms with van der Waals surface area (Å²) in [6.07, 6.45) is 0.375. The minimum absolute atomic E-state index is 0.0713. The van der Waals surface area contributed by atoms with Crippen molar-refractivity contribution < 1.29 is 14.1 Å². The predicted octanol–water partition coefficient (Wildman–Crippen LogP) is 3.66. The Balaban J connectivity index is 1.50. The first-order valence-corrected chi connectivity index (χ1v) is 8.67. The number of carbonyl (C=O) groups is 1. The molecule has 1 unspecified atom stereocenters. The molecule has 1 amide bonds. The average molecular weight is 349 g/mol. The van der Waals surface area contributed by atoms with Crippen molar-refractivity contribution in [2.24, 2.45) is 0 Å². The van der Waals surface area contributed by atoms with Gasteiger partial charge in [-0.3, -0.25) is 4.79 Å². The summed E-state index contributed by atoms with van der Waals surface area (Å²) in [5.74, 6) is 1.81. The Morgan fingerprint density at radius 3 is 2.65 bits per heavy atom. The van der Waals surface area contributed by atoms with Crippen molar-refractivity contribution in [1.82, 2.24) is 10.1 Å². The fraction of sp³-hybridized carbons (Fsp3) is 0.250. The maximum Gasteiger partial charge on any atom is 0.232 e. The third-order valence-corrected chi connectivity index (χ3v) is 4.41. The Labute approximate surface area is 151 Å². The molecule has 1 atom stereocenters. The third-order valence-electron chi connectivity index (χ3n) is 4.41. The Bertz CT molecular complexity index is 890. The topological polar surface area (TPSA) is 68.5 Å². The number of carbonyl (C=O) groups excluding carboxylic acids is 1. The number of benzene rings is 2. The van der Waals surface area contributed by atoms with Gasteiger partial charge in [-0.05, 0) is 43.3 Å². The summed E-state index contributed by atoms with van der Waals surface area (Å²) in [5, 5.41) is 4.07. The monoisotopic (exact) mass is 349 g/mol. The van der Waals surface area contributed by atoms with E-state index in [0.717, 1.165) is 17.0 Å². The van der Waals surface area contributed by atoms with Crippen LogP contribution in [0.2, 0.25) is 0 Å². The van der Waals surface area contributed by atoms with Gasteiger partial charge in [0.05, 0.1) is 12.5 Å². The normalized spacial score (nSPS) is 16.9. The molecule has 4 rings (SSSR count). The zero-order valence-corrected chi connectivity index (χ0v) is 14.5. The number of anilines is 1. The molecule has 132 valence electrons. The summed E-state index contributed by atoms with van der Waals surface area (Å²) >= 11 is 0. The van der Waals surface area contributed by atoms with E-state index in [9.17, 15) is 4.79 Å². The van der Waals surface area contributed by atoms with Gasteiger partial charge in [-0.2, -0.15) is 4.98 Å². The number of amides is 1. The predicted molar refractivity (Wildman–Crippen MR) is 97.1 cm³/mol. The van der Waals surface area contributed by atoms with E-state index in [-0.39, 0.29) is 11.8 Å². The number of aromatic nitrogens is 2. The molecule has 0 spiro atoms. The van der Waals surface area contributed by atoms with Crippen molar-refractivity contribution in [2.45, 2.75) is 19.3 Å². The van der Waals surface area contributed by atoms with E-state index >= 15 is 0 Å². The van der Waals surface area contributed by atoms with Gasteiger partial charge >= 0.3 is 0 Å². The second-order valence-corrected chi connectivity index (χ2v) is 6.15. The summed E-state index contributed by atoms with van der Waals surface area (Å²) < 4.78 is 10.9. The molecule has 0 radical (unpaired) electrons. The van der Waals surface area contributed by atoms with E-state index in [4.69, 9.17) is 9.26 Å². The van der Waals surface area contributed by atoms with E-state index in [2.05, 4.69) is 10.1 Å². The highest BCUT2D eigenvalue weighted by Gasteiger charge is 2.35. The van der Waals surface area contributed by atoms with Crippen LogP contribution in [0.1, 0.15) is 25.2 Å². The number of rotatable bonds is 5. The molecule has 1 aliphatic rings. The van der Waals surface area contributed by atoms with Crippen molar-refractivity contribution in [2.75, 3.05) is 18.1 Å². The fourth-order valence-electron chi connectivity index (χ4n) is 3.12. The van der Waals surface area contributed by atoms with E-state index in [1.165, 1.54) is 0 Å². The zero-order chi connectivity index (χ0) is 17.9. The van der Waals surface area contributed by atoms with Gasteiger partial charge in [-0.25, -0.2) is 0 Å². The van der Waals surface area contributed by atoms with Crippen molar-refractivity contribution in [3.8, 4) is 17.1 Å². The van der Waals surface area contributed by atoms with E-state index in [1.54, 1.807) is 4.90 Å². The molecule has 6 nitrogen and oxygen atoms in total. The first-order valence-electron chi connectivity index (χ1n) is 8.67. The second-order valence-electron chi connectivity index (χ2n) is 6.15. The number of hydrogen-bond donors (Lipinski definition) is 0. The molecule has 2 aromatic carbocycles. The number of ether oxygens (including phenoxy) is 1. The molecule has 3 aromatic rings. The number of hydrogen-bond acceptors (Lipinski definition) is 5. The summed E-state index contributed by atoms with van der Waals surface area (Å²) in [5.41, 5.74) is 1.75. The quantitative estimate of drug-likeness (QED) is 0.703. The van der Waals surface area contributed by atoms with Gasteiger partial charge in [0, 0.05) is 24.2 Å². The smallest absolute Gasteiger partial charge is 0.232 e. The lowest BCUT2D eigenvalue weighted by molar-refractivity contribution is -0.117. The van der Waals surface area contributed by atoms with Gasteiger partial charge in [0.15, 0.2) is 0 Å². The van der Waals surface area contributed by atoms with Gasteiger partial charge in [0.1, 0.15) is 5.75 Å². The van der Waals surface area contributed by atoms with E-state index in [0.29, 0.717) is 31.3 Å². The molecule has 1 fully saturated rings. The molecule has 2 heterocycles. The van der Waals surface area contributed by atoms with Crippen LogP contribution in [0, 0.1) is 0 Å². The Morgan fingerprint density at radius 1 is 1.15 bits per heavy atom. The first-order chi connectivity index (χ1) is 12.7. The van der Waals surface area contributed by atoms with Crippen molar-refractivity contribution >= 4 is 11.6 Å². The highest BCUT2D eigenvalue weighted by atomic mass is 16.5. The van der Waals surface area contributed by atoms with Gasteiger partial charge in [-0.15, -0.1) is 0 Å². The van der Waals surface area contributed by atoms with Gasteiger partial charge in [-0.1, -0.05) is 23.4 Å². The molecule has 0 saturated carbocycles. The summed E-state index contributed by atoms with van der Waals surface area (Å²) in [6.45, 7) is 3.12. The fourth-order valence-corrected chi connectivity index (χ4v) is 3.12. The lowest BCUT2D eigenvalue weighted by Crippen LogP contribution is -2.24. The molecule has 0 bridgehead atoms. The summed E-state index contributed by atoms with van der Waals surface area (Å²) in [7, 11) is 0. The van der Waals surface area contributed by atoms with E-state index < -0.39 is 0 Å². The van der Waals surface area contributed by atoms with Crippen molar-refractivity contribution in [1.29, 1.82) is 0 Å². The molecule has 0 N–H and O–H groups in total. The Morgan fingerprint density at radius 2 is 1.92 bits per heavy atom. The van der Waals surface area contributed by atoms with Crippen LogP contribution in [0.4, 0.5) is 5.69 Å². The van der Waals surface area contributed by atoms with Crippen LogP contribution in [-0.2, 0) is 4.79 Å². The van der Waals surface area contributed by atoms with Crippen molar-refractivity contribution in [3.63, 3.8) is 0 Å². The highest BCUT2D eigenvalue weighted by molar-refractivity contribution is 5.96. The second kappa shape index (κ2) is 7.00. The summed E-state index contributed by atoms with van der Waals surface area (Å²) in [6, 6.07) is 17.2. The van der Waals surface area contributed by atoms with Gasteiger partial charge in [0.2, 0.25) is 17.6 Å². The Hall–Kier alpha value is -3.15. The molecule has 1 aliphatic heterocycles. The van der Waals surface area contributed by atoms with Crippen LogP contribution in [0.3, 0.4) is 0 Å². The van der Waals surface area contributed by atoms with Gasteiger partial charge in [0.25, 0.3) is 0 Å². The zero-order valence-electron chi connectivity index (χ0n) is 14.5. The maximum absolute atomic E-state index is 12.4. The molecule has 1 aromatic heterocycles. The maximum atomic E-state index is 12.4. The minimum Gasteiger partial charge on any atom is -0.494 e.